The maximum atomic E-state index is 12.0. The Hall–Kier alpha value is -1.89. The summed E-state index contributed by atoms with van der Waals surface area (Å²) in [6.07, 6.45) is 0.0268. The summed E-state index contributed by atoms with van der Waals surface area (Å²) in [7, 11) is 0. The highest BCUT2D eigenvalue weighted by atomic mass is 79.9. The Balaban J connectivity index is 1.90. The fourth-order valence-electron chi connectivity index (χ4n) is 1.89. The van der Waals surface area contributed by atoms with E-state index in [-0.39, 0.29) is 18.2 Å². The lowest BCUT2D eigenvalue weighted by Crippen LogP contribution is -2.21. The molecule has 2 aromatic carbocycles. The van der Waals surface area contributed by atoms with Crippen molar-refractivity contribution in [2.45, 2.75) is 13.3 Å². The molecule has 0 fully saturated rings. The first kappa shape index (κ1) is 19.4. The summed E-state index contributed by atoms with van der Waals surface area (Å²) >= 11 is 15.0. The van der Waals surface area contributed by atoms with E-state index in [1.807, 2.05) is 6.07 Å². The lowest BCUT2D eigenvalue weighted by molar-refractivity contribution is -0.115. The van der Waals surface area contributed by atoms with Gasteiger partial charge in [0.25, 0.3) is 5.91 Å². The SMILES string of the molecule is C/C(CC(=O)Nc1ccc(Cl)c(Cl)c1)=N/NC(=O)c1cccc(Br)c1. The largest absolute Gasteiger partial charge is 0.326 e. The van der Waals surface area contributed by atoms with E-state index < -0.39 is 0 Å². The van der Waals surface area contributed by atoms with Crippen LogP contribution in [0.15, 0.2) is 52.0 Å². The Kier molecular flexibility index (Phi) is 6.99. The van der Waals surface area contributed by atoms with Gasteiger partial charge in [0.1, 0.15) is 0 Å². The molecule has 0 heterocycles. The van der Waals surface area contributed by atoms with Crippen molar-refractivity contribution < 1.29 is 9.59 Å². The van der Waals surface area contributed by atoms with Crippen molar-refractivity contribution in [3.63, 3.8) is 0 Å². The van der Waals surface area contributed by atoms with Crippen LogP contribution >= 0.6 is 39.1 Å². The molecule has 0 bridgehead atoms. The molecular weight excluding hydrogens is 429 g/mol. The van der Waals surface area contributed by atoms with Crippen LogP contribution < -0.4 is 10.7 Å². The van der Waals surface area contributed by atoms with Crippen LogP contribution in [0.1, 0.15) is 23.7 Å². The summed E-state index contributed by atoms with van der Waals surface area (Å²) in [5.74, 6) is -0.637. The first-order valence-electron chi connectivity index (χ1n) is 7.19. The number of nitrogens with zero attached hydrogens (tertiary/aromatic N) is 1. The highest BCUT2D eigenvalue weighted by molar-refractivity contribution is 9.10. The summed E-state index contributed by atoms with van der Waals surface area (Å²) < 4.78 is 0.793. The quantitative estimate of drug-likeness (QED) is 0.511. The lowest BCUT2D eigenvalue weighted by atomic mass is 10.2. The third-order valence-corrected chi connectivity index (χ3v) is 4.29. The summed E-state index contributed by atoms with van der Waals surface area (Å²) in [5, 5.41) is 7.39. The predicted octanol–water partition coefficient (Wildman–Crippen LogP) is 4.89. The van der Waals surface area contributed by atoms with Gasteiger partial charge in [-0.25, -0.2) is 5.43 Å². The van der Waals surface area contributed by atoms with Crippen LogP contribution in [0.5, 0.6) is 0 Å². The van der Waals surface area contributed by atoms with E-state index >= 15 is 0 Å². The van der Waals surface area contributed by atoms with Crippen molar-refractivity contribution in [2.75, 3.05) is 5.32 Å². The van der Waals surface area contributed by atoms with Crippen LogP contribution in [0.4, 0.5) is 5.69 Å². The molecule has 0 aliphatic heterocycles. The Bertz CT molecular complexity index is 840. The zero-order chi connectivity index (χ0) is 18.4. The van der Waals surface area contributed by atoms with E-state index in [0.717, 1.165) is 4.47 Å². The van der Waals surface area contributed by atoms with Crippen molar-refractivity contribution in [1.29, 1.82) is 0 Å². The third-order valence-electron chi connectivity index (χ3n) is 3.05. The highest BCUT2D eigenvalue weighted by Gasteiger charge is 2.08. The number of rotatable bonds is 5. The molecular formula is C17H14BrCl2N3O2. The van der Waals surface area contributed by atoms with E-state index in [2.05, 4.69) is 31.8 Å². The van der Waals surface area contributed by atoms with Gasteiger partial charge in [0.15, 0.2) is 0 Å². The number of anilines is 1. The zero-order valence-corrected chi connectivity index (χ0v) is 16.2. The Morgan fingerprint density at radius 2 is 1.88 bits per heavy atom. The van der Waals surface area contributed by atoms with E-state index in [0.29, 0.717) is 27.0 Å². The molecule has 5 nitrogen and oxygen atoms in total. The van der Waals surface area contributed by atoms with Crippen molar-refractivity contribution in [2.24, 2.45) is 5.10 Å². The second-order valence-electron chi connectivity index (χ2n) is 5.15. The van der Waals surface area contributed by atoms with E-state index in [1.165, 1.54) is 0 Å². The van der Waals surface area contributed by atoms with Gasteiger partial charge in [0.05, 0.1) is 16.5 Å². The summed E-state index contributed by atoms with van der Waals surface area (Å²) in [6.45, 7) is 1.65. The van der Waals surface area contributed by atoms with Crippen LogP contribution in [0.25, 0.3) is 0 Å². The zero-order valence-electron chi connectivity index (χ0n) is 13.1. The Morgan fingerprint density at radius 3 is 2.56 bits per heavy atom. The maximum absolute atomic E-state index is 12.0. The number of nitrogens with one attached hydrogen (secondary N) is 2. The van der Waals surface area contributed by atoms with Gasteiger partial charge in [-0.15, -0.1) is 0 Å². The molecule has 0 unspecified atom stereocenters. The van der Waals surface area contributed by atoms with Crippen LogP contribution in [-0.4, -0.2) is 17.5 Å². The normalized spacial score (nSPS) is 11.1. The van der Waals surface area contributed by atoms with Gasteiger partial charge in [0.2, 0.25) is 5.91 Å². The van der Waals surface area contributed by atoms with Crippen molar-refractivity contribution in [1.82, 2.24) is 5.43 Å². The van der Waals surface area contributed by atoms with Gasteiger partial charge in [-0.3, -0.25) is 9.59 Å². The molecule has 2 amide bonds. The van der Waals surface area contributed by atoms with Gasteiger partial charge in [-0.05, 0) is 43.3 Å². The van der Waals surface area contributed by atoms with Gasteiger partial charge in [-0.2, -0.15) is 5.10 Å². The molecule has 2 aromatic rings. The molecule has 130 valence electrons. The fourth-order valence-corrected chi connectivity index (χ4v) is 2.59. The van der Waals surface area contributed by atoms with Crippen LogP contribution in [0, 0.1) is 0 Å². The molecule has 0 radical (unpaired) electrons. The Labute approximate surface area is 163 Å². The number of halogens is 3. The maximum Gasteiger partial charge on any atom is 0.271 e. The number of hydrogen-bond acceptors (Lipinski definition) is 3. The average molecular weight is 443 g/mol. The minimum atomic E-state index is -0.356. The predicted molar refractivity (Wildman–Crippen MR) is 104 cm³/mol. The second kappa shape index (κ2) is 8.99. The first-order valence-corrected chi connectivity index (χ1v) is 8.74. The van der Waals surface area contributed by atoms with Crippen molar-refractivity contribution in [3.8, 4) is 0 Å². The molecule has 0 aromatic heterocycles. The Morgan fingerprint density at radius 1 is 1.12 bits per heavy atom. The molecule has 0 saturated heterocycles. The molecule has 0 saturated carbocycles. The molecule has 8 heteroatoms. The highest BCUT2D eigenvalue weighted by Crippen LogP contribution is 2.25. The van der Waals surface area contributed by atoms with E-state index in [9.17, 15) is 9.59 Å². The minimum Gasteiger partial charge on any atom is -0.326 e. The van der Waals surface area contributed by atoms with E-state index in [4.69, 9.17) is 23.2 Å². The van der Waals surface area contributed by atoms with Gasteiger partial charge in [-0.1, -0.05) is 45.2 Å². The standard InChI is InChI=1S/C17H14BrCl2N3O2/c1-10(22-23-17(25)11-3-2-4-12(18)8-11)7-16(24)21-13-5-6-14(19)15(20)9-13/h2-6,8-9H,7H2,1H3,(H,21,24)(H,23,25)/b22-10-. The number of hydrogen-bond donors (Lipinski definition) is 2. The van der Waals surface area contributed by atoms with Crippen LogP contribution in [-0.2, 0) is 4.79 Å². The molecule has 0 spiro atoms. The number of amides is 2. The molecule has 0 aliphatic carbocycles. The van der Waals surface area contributed by atoms with Gasteiger partial charge >= 0.3 is 0 Å². The third kappa shape index (κ3) is 6.16. The summed E-state index contributed by atoms with van der Waals surface area (Å²) in [6, 6.07) is 11.7. The summed E-state index contributed by atoms with van der Waals surface area (Å²) in [5.41, 5.74) is 3.88. The monoisotopic (exact) mass is 441 g/mol. The molecule has 0 aliphatic rings. The molecule has 25 heavy (non-hydrogen) atoms. The summed E-state index contributed by atoms with van der Waals surface area (Å²) in [4.78, 5) is 24.0. The van der Waals surface area contributed by atoms with E-state index in [1.54, 1.807) is 43.3 Å². The number of carbonyl (C=O) groups is 2. The topological polar surface area (TPSA) is 70.6 Å². The van der Waals surface area contributed by atoms with Crippen LogP contribution in [0.2, 0.25) is 10.0 Å². The molecule has 2 N–H and O–H groups in total. The minimum absolute atomic E-state index is 0.0268. The van der Waals surface area contributed by atoms with Crippen molar-refractivity contribution in [3.05, 3.63) is 62.5 Å². The fraction of sp³-hybridized carbons (Fsp3) is 0.118. The molecule has 0 atom stereocenters. The number of benzene rings is 2. The molecule has 2 rings (SSSR count). The first-order chi connectivity index (χ1) is 11.8. The van der Waals surface area contributed by atoms with Gasteiger partial charge in [0, 0.05) is 21.4 Å². The second-order valence-corrected chi connectivity index (χ2v) is 6.88. The number of hydrazone groups is 1. The van der Waals surface area contributed by atoms with Crippen molar-refractivity contribution >= 4 is 62.3 Å². The lowest BCUT2D eigenvalue weighted by Gasteiger charge is -2.07. The van der Waals surface area contributed by atoms with Gasteiger partial charge < -0.3 is 5.32 Å². The average Bonchev–Trinajstić information content (AvgIpc) is 2.56. The van der Waals surface area contributed by atoms with Crippen LogP contribution in [0.3, 0.4) is 0 Å². The number of carbonyl (C=O) groups excluding carboxylic acids is 2. The smallest absolute Gasteiger partial charge is 0.271 e.